The van der Waals surface area contributed by atoms with Gasteiger partial charge in [-0.3, -0.25) is 24.0 Å². The maximum atomic E-state index is 13.0. The van der Waals surface area contributed by atoms with E-state index in [2.05, 4.69) is 0 Å². The van der Waals surface area contributed by atoms with E-state index in [4.69, 9.17) is 23.7 Å². The molecule has 1 fully saturated rings. The predicted molar refractivity (Wildman–Crippen MR) is 153 cm³/mol. The summed E-state index contributed by atoms with van der Waals surface area (Å²) in [6.45, 7) is 18.0. The number of esters is 5. The van der Waals surface area contributed by atoms with Crippen molar-refractivity contribution in [3.8, 4) is 0 Å². The van der Waals surface area contributed by atoms with Crippen LogP contribution in [0.15, 0.2) is 0 Å². The summed E-state index contributed by atoms with van der Waals surface area (Å²) < 4.78 is 28.6. The molecule has 242 valence electrons. The van der Waals surface area contributed by atoms with Crippen molar-refractivity contribution in [3.05, 3.63) is 0 Å². The van der Waals surface area contributed by atoms with E-state index in [0.717, 1.165) is 0 Å². The fourth-order valence-corrected chi connectivity index (χ4v) is 4.48. The van der Waals surface area contributed by atoms with E-state index in [0.29, 0.717) is 0 Å². The summed E-state index contributed by atoms with van der Waals surface area (Å²) in [5, 5.41) is 11.5. The Labute approximate surface area is 250 Å². The topological polar surface area (TPSA) is 152 Å². The Morgan fingerprint density at radius 1 is 0.405 bits per heavy atom. The maximum absolute atomic E-state index is 13.0. The number of carbonyl (C=O) groups excluding carboxylic acids is 5. The van der Waals surface area contributed by atoms with Crippen LogP contribution in [-0.2, 0) is 47.7 Å². The maximum Gasteiger partial charge on any atom is 0.306 e. The van der Waals surface area contributed by atoms with Gasteiger partial charge in [0.25, 0.3) is 0 Å². The Balaban J connectivity index is 3.74. The van der Waals surface area contributed by atoms with Gasteiger partial charge in [0.1, 0.15) is 6.10 Å². The number of rotatable bonds is 15. The average molecular weight is 601 g/mol. The molecule has 1 aliphatic carbocycles. The van der Waals surface area contributed by atoms with Gasteiger partial charge >= 0.3 is 29.8 Å². The smallest absolute Gasteiger partial charge is 0.306 e. The van der Waals surface area contributed by atoms with Crippen molar-refractivity contribution in [2.45, 2.75) is 138 Å². The van der Waals surface area contributed by atoms with Gasteiger partial charge in [-0.25, -0.2) is 0 Å². The Kier molecular flexibility index (Phi) is 15.5. The van der Waals surface area contributed by atoms with Crippen LogP contribution in [0.1, 0.15) is 101 Å². The molecule has 0 saturated heterocycles. The second-order valence-electron chi connectivity index (χ2n) is 13.3. The molecule has 42 heavy (non-hydrogen) atoms. The van der Waals surface area contributed by atoms with Crippen molar-refractivity contribution in [2.24, 2.45) is 29.6 Å². The van der Waals surface area contributed by atoms with Crippen LogP contribution in [0.3, 0.4) is 0 Å². The molecule has 1 rings (SSSR count). The molecule has 0 bridgehead atoms. The van der Waals surface area contributed by atoms with Gasteiger partial charge < -0.3 is 28.8 Å². The predicted octanol–water partition coefficient (Wildman–Crippen LogP) is 4.15. The number of hydrogen-bond acceptors (Lipinski definition) is 11. The van der Waals surface area contributed by atoms with Crippen molar-refractivity contribution in [1.29, 1.82) is 0 Å². The molecule has 0 heterocycles. The minimum absolute atomic E-state index is 0.0156. The number of hydrogen-bond donors (Lipinski definition) is 1. The summed E-state index contributed by atoms with van der Waals surface area (Å²) in [7, 11) is 0. The Bertz CT molecular complexity index is 849. The van der Waals surface area contributed by atoms with Crippen LogP contribution < -0.4 is 0 Å². The van der Waals surface area contributed by atoms with Crippen LogP contribution in [0.5, 0.6) is 0 Å². The first-order chi connectivity index (χ1) is 19.4. The van der Waals surface area contributed by atoms with Crippen LogP contribution in [0, 0.1) is 29.6 Å². The molecular formula is C31H52O11. The van der Waals surface area contributed by atoms with Crippen molar-refractivity contribution in [3.63, 3.8) is 0 Å². The molecule has 0 radical (unpaired) electrons. The first-order valence-electron chi connectivity index (χ1n) is 15.1. The van der Waals surface area contributed by atoms with Crippen LogP contribution >= 0.6 is 0 Å². The molecular weight excluding hydrogens is 548 g/mol. The summed E-state index contributed by atoms with van der Waals surface area (Å²) >= 11 is 0. The van der Waals surface area contributed by atoms with E-state index in [1.807, 2.05) is 0 Å². The minimum atomic E-state index is -1.77. The number of aliphatic hydroxyl groups is 1. The average Bonchev–Trinajstić information content (AvgIpc) is 2.78. The van der Waals surface area contributed by atoms with Gasteiger partial charge in [-0.05, 0) is 29.6 Å². The Hall–Kier alpha value is -2.69. The molecule has 0 aromatic rings. The van der Waals surface area contributed by atoms with Crippen molar-refractivity contribution >= 4 is 29.8 Å². The highest BCUT2D eigenvalue weighted by molar-refractivity contribution is 5.73. The van der Waals surface area contributed by atoms with Gasteiger partial charge in [0.2, 0.25) is 0 Å². The summed E-state index contributed by atoms with van der Waals surface area (Å²) in [5.41, 5.74) is 0. The van der Waals surface area contributed by atoms with Crippen LogP contribution in [0.25, 0.3) is 0 Å². The second-order valence-corrected chi connectivity index (χ2v) is 13.3. The van der Waals surface area contributed by atoms with E-state index < -0.39 is 66.5 Å². The minimum Gasteiger partial charge on any atom is -0.455 e. The van der Waals surface area contributed by atoms with E-state index >= 15 is 0 Å². The highest BCUT2D eigenvalue weighted by Crippen LogP contribution is 2.34. The fourth-order valence-electron chi connectivity index (χ4n) is 4.48. The molecule has 0 spiro atoms. The Morgan fingerprint density at radius 2 is 0.571 bits per heavy atom. The molecule has 11 nitrogen and oxygen atoms in total. The second kappa shape index (κ2) is 17.4. The zero-order chi connectivity index (χ0) is 32.3. The van der Waals surface area contributed by atoms with E-state index in [1.54, 1.807) is 69.2 Å². The van der Waals surface area contributed by atoms with Crippen molar-refractivity contribution in [1.82, 2.24) is 0 Å². The van der Waals surface area contributed by atoms with Crippen LogP contribution in [0.2, 0.25) is 0 Å². The van der Waals surface area contributed by atoms with Crippen LogP contribution in [0.4, 0.5) is 0 Å². The third kappa shape index (κ3) is 13.1. The molecule has 0 aliphatic heterocycles. The molecule has 11 heteroatoms. The third-order valence-electron chi connectivity index (χ3n) is 6.18. The highest BCUT2D eigenvalue weighted by atomic mass is 16.7. The summed E-state index contributed by atoms with van der Waals surface area (Å²) in [4.78, 5) is 64.5. The zero-order valence-electron chi connectivity index (χ0n) is 26.9. The number of aliphatic hydroxyl groups excluding tert-OH is 1. The molecule has 2 unspecified atom stereocenters. The number of ether oxygens (including phenoxy) is 5. The SMILES string of the molecule is CC(C)CC(=O)OC1[C@@H](OC(=O)CC(C)C)[C@H](OC(=O)CC(C)C)C(O)[C@H](OC(=O)CC(C)C)[C@H]1OC(=O)CC(C)C. The van der Waals surface area contributed by atoms with Gasteiger partial charge in [0.15, 0.2) is 30.5 Å². The molecule has 0 amide bonds. The lowest BCUT2D eigenvalue weighted by Gasteiger charge is -2.46. The Morgan fingerprint density at radius 3 is 0.762 bits per heavy atom. The summed E-state index contributed by atoms with van der Waals surface area (Å²) in [5.74, 6) is -3.97. The van der Waals surface area contributed by atoms with Gasteiger partial charge in [-0.1, -0.05) is 69.2 Å². The van der Waals surface area contributed by atoms with Gasteiger partial charge in [-0.15, -0.1) is 0 Å². The summed E-state index contributed by atoms with van der Waals surface area (Å²) in [6, 6.07) is 0. The van der Waals surface area contributed by atoms with Gasteiger partial charge in [-0.2, -0.15) is 0 Å². The molecule has 1 aliphatic rings. The zero-order valence-corrected chi connectivity index (χ0v) is 26.9. The van der Waals surface area contributed by atoms with Gasteiger partial charge in [0, 0.05) is 32.1 Å². The largest absolute Gasteiger partial charge is 0.455 e. The summed E-state index contributed by atoms with van der Waals surface area (Å²) in [6.07, 6.45) is -9.66. The number of carbonyl (C=O) groups is 5. The first-order valence-corrected chi connectivity index (χ1v) is 15.1. The monoisotopic (exact) mass is 600 g/mol. The lowest BCUT2D eigenvalue weighted by molar-refractivity contribution is -0.258. The lowest BCUT2D eigenvalue weighted by Crippen LogP contribution is -2.68. The molecule has 6 atom stereocenters. The van der Waals surface area contributed by atoms with E-state index in [1.165, 1.54) is 0 Å². The van der Waals surface area contributed by atoms with Crippen LogP contribution in [-0.4, -0.2) is 71.6 Å². The molecule has 0 aromatic carbocycles. The molecule has 1 N–H and O–H groups in total. The first kappa shape index (κ1) is 37.3. The fraction of sp³-hybridized carbons (Fsp3) is 0.839. The van der Waals surface area contributed by atoms with E-state index in [9.17, 15) is 29.1 Å². The molecule has 1 saturated carbocycles. The van der Waals surface area contributed by atoms with E-state index in [-0.39, 0.29) is 61.7 Å². The quantitative estimate of drug-likeness (QED) is 0.213. The van der Waals surface area contributed by atoms with Crippen molar-refractivity contribution in [2.75, 3.05) is 0 Å². The normalized spacial score (nSPS) is 24.2. The molecule has 0 aromatic heterocycles. The van der Waals surface area contributed by atoms with Crippen molar-refractivity contribution < 1.29 is 52.8 Å². The highest BCUT2D eigenvalue weighted by Gasteiger charge is 2.59. The third-order valence-corrected chi connectivity index (χ3v) is 6.18. The van der Waals surface area contributed by atoms with Gasteiger partial charge in [0.05, 0.1) is 0 Å². The lowest BCUT2D eigenvalue weighted by atomic mass is 9.83. The standard InChI is InChI=1S/C31H52O11/c1-16(2)11-21(32)38-27-26(37)28(39-22(33)12-17(3)4)30(41-24(35)14-19(7)8)31(42-25(36)15-20(9)10)29(27)40-23(34)13-18(5)6/h16-20,26-31,37H,11-15H2,1-10H3/t26?,27-,28+,29+,30-,31?.